The second kappa shape index (κ2) is 6.58. The van der Waals surface area contributed by atoms with Crippen LogP contribution in [0.3, 0.4) is 0 Å². The second-order valence-electron chi connectivity index (χ2n) is 4.49. The Kier molecular flexibility index (Phi) is 4.81. The van der Waals surface area contributed by atoms with E-state index in [2.05, 4.69) is 46.7 Å². The molecule has 5 nitrogen and oxygen atoms in total. The van der Waals surface area contributed by atoms with Crippen LogP contribution in [0.4, 0.5) is 11.6 Å². The number of benzene rings is 1. The standard InChI is InChI=1S/C14H19N5S/c1-9-6-4-5-7-11(9)10(2)16-12-8-13(19-15)18-14(17-12)20-3/h4-8,10H,15H2,1-3H3,(H2,16,17,18,19). The Hall–Kier alpha value is -1.79. The number of nitrogens with two attached hydrogens (primary N) is 1. The largest absolute Gasteiger partial charge is 0.363 e. The molecule has 1 unspecified atom stereocenters. The normalized spacial score (nSPS) is 12.0. The molecule has 20 heavy (non-hydrogen) atoms. The minimum Gasteiger partial charge on any atom is -0.363 e. The minimum absolute atomic E-state index is 0.159. The van der Waals surface area contributed by atoms with Crippen LogP contribution >= 0.6 is 11.8 Å². The van der Waals surface area contributed by atoms with Crippen molar-refractivity contribution in [1.82, 2.24) is 9.97 Å². The van der Waals surface area contributed by atoms with E-state index in [1.54, 1.807) is 6.07 Å². The predicted octanol–water partition coefficient (Wildman–Crippen LogP) is 2.97. The summed E-state index contributed by atoms with van der Waals surface area (Å²) in [6.45, 7) is 4.21. The zero-order chi connectivity index (χ0) is 14.5. The van der Waals surface area contributed by atoms with E-state index in [1.165, 1.54) is 22.9 Å². The third kappa shape index (κ3) is 3.40. The number of hydrazine groups is 1. The van der Waals surface area contributed by atoms with Gasteiger partial charge in [0.15, 0.2) is 5.16 Å². The number of nitrogens with one attached hydrogen (secondary N) is 2. The molecule has 0 aliphatic carbocycles. The average molecular weight is 289 g/mol. The van der Waals surface area contributed by atoms with Gasteiger partial charge >= 0.3 is 0 Å². The van der Waals surface area contributed by atoms with E-state index >= 15 is 0 Å². The monoisotopic (exact) mass is 289 g/mol. The maximum absolute atomic E-state index is 5.43. The van der Waals surface area contributed by atoms with Crippen molar-refractivity contribution < 1.29 is 0 Å². The fourth-order valence-corrected chi connectivity index (χ4v) is 2.42. The van der Waals surface area contributed by atoms with Crippen LogP contribution in [0.25, 0.3) is 0 Å². The summed E-state index contributed by atoms with van der Waals surface area (Å²) in [7, 11) is 0. The van der Waals surface area contributed by atoms with Gasteiger partial charge in [-0.1, -0.05) is 36.0 Å². The molecule has 2 rings (SSSR count). The zero-order valence-electron chi connectivity index (χ0n) is 11.8. The number of nitrogen functional groups attached to an aromatic ring is 1. The van der Waals surface area contributed by atoms with Crippen molar-refractivity contribution in [1.29, 1.82) is 0 Å². The highest BCUT2D eigenvalue weighted by Gasteiger charge is 2.10. The molecule has 0 saturated heterocycles. The summed E-state index contributed by atoms with van der Waals surface area (Å²) in [5, 5.41) is 4.07. The first-order valence-corrected chi connectivity index (χ1v) is 7.58. The molecule has 1 heterocycles. The Morgan fingerprint density at radius 3 is 2.55 bits per heavy atom. The van der Waals surface area contributed by atoms with Gasteiger partial charge in [0.05, 0.1) is 6.04 Å². The van der Waals surface area contributed by atoms with Crippen LogP contribution in [0.15, 0.2) is 35.5 Å². The second-order valence-corrected chi connectivity index (χ2v) is 5.27. The summed E-state index contributed by atoms with van der Waals surface area (Å²) >= 11 is 1.48. The zero-order valence-corrected chi connectivity index (χ0v) is 12.7. The van der Waals surface area contributed by atoms with Crippen molar-refractivity contribution in [3.05, 3.63) is 41.5 Å². The van der Waals surface area contributed by atoms with Crippen molar-refractivity contribution in [2.45, 2.75) is 25.0 Å². The van der Waals surface area contributed by atoms with Gasteiger partial charge in [0.2, 0.25) is 0 Å². The summed E-state index contributed by atoms with van der Waals surface area (Å²) < 4.78 is 0. The van der Waals surface area contributed by atoms with Gasteiger partial charge in [-0.05, 0) is 31.2 Å². The number of nitrogens with zero attached hydrogens (tertiary/aromatic N) is 2. The lowest BCUT2D eigenvalue weighted by atomic mass is 10.0. The van der Waals surface area contributed by atoms with Gasteiger partial charge in [0.1, 0.15) is 11.6 Å². The van der Waals surface area contributed by atoms with E-state index in [9.17, 15) is 0 Å². The first-order chi connectivity index (χ1) is 9.63. The average Bonchev–Trinajstić information content (AvgIpc) is 2.47. The van der Waals surface area contributed by atoms with Gasteiger partial charge in [-0.15, -0.1) is 0 Å². The Morgan fingerprint density at radius 1 is 1.20 bits per heavy atom. The van der Waals surface area contributed by atoms with E-state index in [1.807, 2.05) is 18.4 Å². The molecular formula is C14H19N5S. The van der Waals surface area contributed by atoms with E-state index < -0.39 is 0 Å². The number of anilines is 2. The van der Waals surface area contributed by atoms with Crippen molar-refractivity contribution in [3.63, 3.8) is 0 Å². The molecule has 6 heteroatoms. The lowest BCUT2D eigenvalue weighted by Gasteiger charge is -2.17. The van der Waals surface area contributed by atoms with Crippen molar-refractivity contribution >= 4 is 23.4 Å². The molecule has 0 fully saturated rings. The number of aryl methyl sites for hydroxylation is 1. The number of thioether (sulfide) groups is 1. The number of hydrogen-bond donors (Lipinski definition) is 3. The summed E-state index contributed by atoms with van der Waals surface area (Å²) in [6.07, 6.45) is 1.93. The molecule has 1 aromatic heterocycles. The molecule has 0 bridgehead atoms. The Bertz CT molecular complexity index is 565. The molecule has 4 N–H and O–H groups in total. The molecule has 0 aliphatic rings. The maximum Gasteiger partial charge on any atom is 0.191 e. The molecule has 1 aromatic carbocycles. The van der Waals surface area contributed by atoms with Crippen LogP contribution in [0.5, 0.6) is 0 Å². The Labute approximate surface area is 123 Å². The summed E-state index contributed by atoms with van der Waals surface area (Å²) in [5.74, 6) is 6.79. The molecule has 2 aromatic rings. The molecule has 1 atom stereocenters. The fourth-order valence-electron chi connectivity index (χ4n) is 2.04. The quantitative estimate of drug-likeness (QED) is 0.340. The molecule has 106 valence electrons. The maximum atomic E-state index is 5.43. The van der Waals surface area contributed by atoms with Crippen LogP contribution in [0.2, 0.25) is 0 Å². The van der Waals surface area contributed by atoms with Gasteiger partial charge < -0.3 is 10.7 Å². The predicted molar refractivity (Wildman–Crippen MR) is 84.8 cm³/mol. The van der Waals surface area contributed by atoms with Crippen LogP contribution in [-0.2, 0) is 0 Å². The first kappa shape index (κ1) is 14.6. The van der Waals surface area contributed by atoms with Gasteiger partial charge in [-0.3, -0.25) is 0 Å². The van der Waals surface area contributed by atoms with Crippen LogP contribution < -0.4 is 16.6 Å². The highest BCUT2D eigenvalue weighted by Crippen LogP contribution is 2.23. The van der Waals surface area contributed by atoms with Crippen LogP contribution in [-0.4, -0.2) is 16.2 Å². The lowest BCUT2D eigenvalue weighted by Crippen LogP contribution is -2.13. The third-order valence-electron chi connectivity index (χ3n) is 3.06. The number of hydrogen-bond acceptors (Lipinski definition) is 6. The van der Waals surface area contributed by atoms with Gasteiger partial charge in [0, 0.05) is 6.07 Å². The Balaban J connectivity index is 2.23. The topological polar surface area (TPSA) is 75.9 Å². The molecule has 0 spiro atoms. The molecule has 0 amide bonds. The molecule has 0 aliphatic heterocycles. The molecule has 0 saturated carbocycles. The van der Waals surface area contributed by atoms with Gasteiger partial charge in [-0.2, -0.15) is 0 Å². The Morgan fingerprint density at radius 2 is 1.90 bits per heavy atom. The van der Waals surface area contributed by atoms with Gasteiger partial charge in [-0.25, -0.2) is 15.8 Å². The van der Waals surface area contributed by atoms with Crippen molar-refractivity contribution in [2.75, 3.05) is 17.0 Å². The van der Waals surface area contributed by atoms with E-state index in [4.69, 9.17) is 5.84 Å². The fraction of sp³-hybridized carbons (Fsp3) is 0.286. The van der Waals surface area contributed by atoms with Crippen LogP contribution in [0.1, 0.15) is 24.1 Å². The van der Waals surface area contributed by atoms with Gasteiger partial charge in [0.25, 0.3) is 0 Å². The number of rotatable bonds is 5. The summed E-state index contributed by atoms with van der Waals surface area (Å²) in [4.78, 5) is 8.68. The molecular weight excluding hydrogens is 270 g/mol. The summed E-state index contributed by atoms with van der Waals surface area (Å²) in [6, 6.07) is 10.3. The first-order valence-electron chi connectivity index (χ1n) is 6.35. The van der Waals surface area contributed by atoms with Crippen LogP contribution in [0, 0.1) is 6.92 Å². The van der Waals surface area contributed by atoms with E-state index in [-0.39, 0.29) is 6.04 Å². The minimum atomic E-state index is 0.159. The molecule has 0 radical (unpaired) electrons. The highest BCUT2D eigenvalue weighted by molar-refractivity contribution is 7.98. The number of aromatic nitrogens is 2. The van der Waals surface area contributed by atoms with Crippen molar-refractivity contribution in [2.24, 2.45) is 5.84 Å². The lowest BCUT2D eigenvalue weighted by molar-refractivity contribution is 0.848. The van der Waals surface area contributed by atoms with E-state index in [0.717, 1.165) is 5.82 Å². The smallest absolute Gasteiger partial charge is 0.191 e. The highest BCUT2D eigenvalue weighted by atomic mass is 32.2. The summed E-state index contributed by atoms with van der Waals surface area (Å²) in [5.41, 5.74) is 5.06. The van der Waals surface area contributed by atoms with E-state index in [0.29, 0.717) is 11.0 Å². The SMILES string of the molecule is CSc1nc(NN)cc(NC(C)c2ccccc2C)n1. The third-order valence-corrected chi connectivity index (χ3v) is 3.60. The van der Waals surface area contributed by atoms with Crippen molar-refractivity contribution in [3.8, 4) is 0 Å².